The van der Waals surface area contributed by atoms with Crippen LogP contribution in [-0.2, 0) is 6.54 Å². The van der Waals surface area contributed by atoms with Gasteiger partial charge in [-0.2, -0.15) is 0 Å². The van der Waals surface area contributed by atoms with Crippen LogP contribution in [0.3, 0.4) is 0 Å². The summed E-state index contributed by atoms with van der Waals surface area (Å²) in [6.07, 6.45) is 0. The second kappa shape index (κ2) is 6.95. The highest BCUT2D eigenvalue weighted by molar-refractivity contribution is 14.1. The molecule has 0 aliphatic carbocycles. The zero-order valence-electron chi connectivity index (χ0n) is 11.6. The van der Waals surface area contributed by atoms with Gasteiger partial charge in [-0.3, -0.25) is 0 Å². The average molecular weight is 383 g/mol. The Hall–Kier alpha value is -1.27. The van der Waals surface area contributed by atoms with Crippen molar-refractivity contribution in [2.75, 3.05) is 7.11 Å². The first-order valence-corrected chi connectivity index (χ1v) is 7.52. The van der Waals surface area contributed by atoms with Crippen molar-refractivity contribution in [3.05, 3.63) is 57.2 Å². The number of benzene rings is 2. The number of ether oxygens (including phenoxy) is 1. The Morgan fingerprint density at radius 3 is 2.75 bits per heavy atom. The number of methoxy groups -OCH3 is 1. The Morgan fingerprint density at radius 2 is 2.05 bits per heavy atom. The molecule has 0 bridgehead atoms. The van der Waals surface area contributed by atoms with Crippen LogP contribution in [0.2, 0.25) is 0 Å². The Labute approximate surface area is 133 Å². The summed E-state index contributed by atoms with van der Waals surface area (Å²) in [5.74, 6) is 1.20. The zero-order valence-corrected chi connectivity index (χ0v) is 13.7. The lowest BCUT2D eigenvalue weighted by atomic mass is 10.1. The van der Waals surface area contributed by atoms with Gasteiger partial charge in [-0.05, 0) is 64.9 Å². The van der Waals surface area contributed by atoms with E-state index in [0.717, 1.165) is 14.9 Å². The summed E-state index contributed by atoms with van der Waals surface area (Å²) in [5, 5.41) is 13.1. The molecule has 0 spiro atoms. The molecule has 1 atom stereocenters. The molecule has 0 aromatic heterocycles. The summed E-state index contributed by atoms with van der Waals surface area (Å²) in [7, 11) is 1.67. The third kappa shape index (κ3) is 3.86. The van der Waals surface area contributed by atoms with Gasteiger partial charge in [-0.1, -0.05) is 18.2 Å². The van der Waals surface area contributed by atoms with E-state index in [2.05, 4.69) is 40.9 Å². The van der Waals surface area contributed by atoms with Crippen molar-refractivity contribution in [3.8, 4) is 11.5 Å². The molecule has 4 heteroatoms. The van der Waals surface area contributed by atoms with Crippen LogP contribution in [0, 0.1) is 3.57 Å². The van der Waals surface area contributed by atoms with Gasteiger partial charge in [0.25, 0.3) is 0 Å². The molecular formula is C16H18INO2. The third-order valence-electron chi connectivity index (χ3n) is 3.22. The van der Waals surface area contributed by atoms with E-state index in [1.165, 1.54) is 5.56 Å². The van der Waals surface area contributed by atoms with Crippen LogP contribution in [0.5, 0.6) is 11.5 Å². The van der Waals surface area contributed by atoms with Crippen LogP contribution in [0.4, 0.5) is 0 Å². The van der Waals surface area contributed by atoms with Crippen LogP contribution in [0.1, 0.15) is 24.1 Å². The molecule has 106 valence electrons. The predicted octanol–water partition coefficient (Wildman–Crippen LogP) is 3.86. The Kier molecular flexibility index (Phi) is 5.25. The first-order valence-electron chi connectivity index (χ1n) is 6.45. The van der Waals surface area contributed by atoms with Gasteiger partial charge in [-0.25, -0.2) is 0 Å². The van der Waals surface area contributed by atoms with Crippen LogP contribution in [0.15, 0.2) is 42.5 Å². The molecule has 2 aromatic carbocycles. The molecule has 0 saturated carbocycles. The number of hydrogen-bond donors (Lipinski definition) is 2. The lowest BCUT2D eigenvalue weighted by molar-refractivity contribution is 0.413. The number of hydrogen-bond acceptors (Lipinski definition) is 3. The molecule has 0 saturated heterocycles. The maximum Gasteiger partial charge on any atom is 0.129 e. The third-order valence-corrected chi connectivity index (χ3v) is 4.13. The van der Waals surface area contributed by atoms with E-state index in [4.69, 9.17) is 4.74 Å². The number of phenols is 1. The molecule has 0 radical (unpaired) electrons. The van der Waals surface area contributed by atoms with Crippen molar-refractivity contribution >= 4 is 22.6 Å². The topological polar surface area (TPSA) is 41.5 Å². The zero-order chi connectivity index (χ0) is 14.5. The number of phenolic OH excluding ortho intramolecular Hbond substituents is 1. The summed E-state index contributed by atoms with van der Waals surface area (Å²) < 4.78 is 6.10. The molecule has 0 aliphatic heterocycles. The fourth-order valence-corrected chi connectivity index (χ4v) is 2.30. The van der Waals surface area contributed by atoms with Gasteiger partial charge < -0.3 is 15.2 Å². The number of rotatable bonds is 5. The van der Waals surface area contributed by atoms with Crippen molar-refractivity contribution in [2.24, 2.45) is 0 Å². The molecule has 0 fully saturated rings. The SMILES string of the molecule is COc1cccc([C@@H](C)NCc2ccc(I)c(O)c2)c1. The smallest absolute Gasteiger partial charge is 0.129 e. The van der Waals surface area contributed by atoms with Crippen LogP contribution in [0.25, 0.3) is 0 Å². The number of halogens is 1. The van der Waals surface area contributed by atoms with E-state index < -0.39 is 0 Å². The minimum Gasteiger partial charge on any atom is -0.507 e. The van der Waals surface area contributed by atoms with Gasteiger partial charge in [0.15, 0.2) is 0 Å². The van der Waals surface area contributed by atoms with Crippen LogP contribution in [-0.4, -0.2) is 12.2 Å². The van der Waals surface area contributed by atoms with E-state index in [1.54, 1.807) is 13.2 Å². The number of nitrogens with one attached hydrogen (secondary N) is 1. The van der Waals surface area contributed by atoms with Crippen molar-refractivity contribution in [3.63, 3.8) is 0 Å². The van der Waals surface area contributed by atoms with Crippen molar-refractivity contribution < 1.29 is 9.84 Å². The van der Waals surface area contributed by atoms with E-state index in [9.17, 15) is 5.11 Å². The molecule has 0 amide bonds. The lowest BCUT2D eigenvalue weighted by Crippen LogP contribution is -2.18. The van der Waals surface area contributed by atoms with E-state index in [0.29, 0.717) is 12.3 Å². The second-order valence-electron chi connectivity index (χ2n) is 4.66. The minimum absolute atomic E-state index is 0.214. The summed E-state index contributed by atoms with van der Waals surface area (Å²) >= 11 is 2.12. The second-order valence-corrected chi connectivity index (χ2v) is 5.83. The Morgan fingerprint density at radius 1 is 1.25 bits per heavy atom. The standard InChI is InChI=1S/C16H18INO2/c1-11(13-4-3-5-14(9-13)20-2)18-10-12-6-7-15(17)16(19)8-12/h3-9,11,18-19H,10H2,1-2H3/t11-/m1/s1. The lowest BCUT2D eigenvalue weighted by Gasteiger charge is -2.15. The molecule has 3 nitrogen and oxygen atoms in total. The molecular weight excluding hydrogens is 365 g/mol. The van der Waals surface area contributed by atoms with Crippen molar-refractivity contribution in [1.29, 1.82) is 0 Å². The summed E-state index contributed by atoms with van der Waals surface area (Å²) in [6, 6.07) is 14.0. The largest absolute Gasteiger partial charge is 0.507 e. The predicted molar refractivity (Wildman–Crippen MR) is 89.1 cm³/mol. The summed E-state index contributed by atoms with van der Waals surface area (Å²) in [5.41, 5.74) is 2.25. The first kappa shape index (κ1) is 15.1. The number of aromatic hydroxyl groups is 1. The quantitative estimate of drug-likeness (QED) is 0.771. The first-order chi connectivity index (χ1) is 9.60. The van der Waals surface area contributed by atoms with Gasteiger partial charge in [0.2, 0.25) is 0 Å². The van der Waals surface area contributed by atoms with Gasteiger partial charge in [0.05, 0.1) is 10.7 Å². The molecule has 2 aromatic rings. The van der Waals surface area contributed by atoms with Gasteiger partial charge in [0.1, 0.15) is 11.5 Å². The maximum absolute atomic E-state index is 9.70. The summed E-state index contributed by atoms with van der Waals surface area (Å²) in [4.78, 5) is 0. The normalized spacial score (nSPS) is 12.2. The Balaban J connectivity index is 2.00. The average Bonchev–Trinajstić information content (AvgIpc) is 2.48. The summed E-state index contributed by atoms with van der Waals surface area (Å²) in [6.45, 7) is 2.82. The minimum atomic E-state index is 0.214. The van der Waals surface area contributed by atoms with Gasteiger partial charge in [-0.15, -0.1) is 0 Å². The highest BCUT2D eigenvalue weighted by atomic mass is 127. The fraction of sp³-hybridized carbons (Fsp3) is 0.250. The highest BCUT2D eigenvalue weighted by Crippen LogP contribution is 2.22. The van der Waals surface area contributed by atoms with Gasteiger partial charge >= 0.3 is 0 Å². The van der Waals surface area contributed by atoms with Crippen LogP contribution >= 0.6 is 22.6 Å². The Bertz CT molecular complexity index is 586. The highest BCUT2D eigenvalue weighted by Gasteiger charge is 2.07. The fourth-order valence-electron chi connectivity index (χ4n) is 1.97. The molecule has 0 aliphatic rings. The van der Waals surface area contributed by atoms with Gasteiger partial charge in [0, 0.05) is 12.6 Å². The molecule has 0 heterocycles. The maximum atomic E-state index is 9.70. The van der Waals surface area contributed by atoms with Crippen molar-refractivity contribution in [2.45, 2.75) is 19.5 Å². The van der Waals surface area contributed by atoms with Crippen LogP contribution < -0.4 is 10.1 Å². The van der Waals surface area contributed by atoms with E-state index in [1.807, 2.05) is 30.3 Å². The van der Waals surface area contributed by atoms with E-state index in [-0.39, 0.29) is 6.04 Å². The molecule has 2 N–H and O–H groups in total. The molecule has 20 heavy (non-hydrogen) atoms. The monoisotopic (exact) mass is 383 g/mol. The van der Waals surface area contributed by atoms with E-state index >= 15 is 0 Å². The molecule has 0 unspecified atom stereocenters. The molecule has 2 rings (SSSR count). The van der Waals surface area contributed by atoms with Crippen molar-refractivity contribution in [1.82, 2.24) is 5.32 Å².